The molecule has 1 atom stereocenters. The molecule has 1 aliphatic heterocycles. The fourth-order valence-corrected chi connectivity index (χ4v) is 3.16. The van der Waals surface area contributed by atoms with Gasteiger partial charge in [0.1, 0.15) is 0 Å². The maximum absolute atomic E-state index is 12.5. The van der Waals surface area contributed by atoms with E-state index in [1.807, 2.05) is 11.2 Å². The standard InChI is InChI=1S/C17H26N2OS.ClH/c1-17(2,3)13-5-6-15-12(11-13)7-9-19(15)16(20)14(18)8-10-21-4;/h5-6,11,14H,7-10,18H2,1-4H3;1H/t14-;/m0./s1. The molecule has 1 amide bonds. The maximum atomic E-state index is 12.5. The first-order chi connectivity index (χ1) is 9.84. The summed E-state index contributed by atoms with van der Waals surface area (Å²) in [5.74, 6) is 0.989. The number of amides is 1. The molecule has 0 aliphatic carbocycles. The number of anilines is 1. The van der Waals surface area contributed by atoms with Gasteiger partial charge in [0.25, 0.3) is 0 Å². The number of thioether (sulfide) groups is 1. The zero-order valence-electron chi connectivity index (χ0n) is 13.9. The van der Waals surface area contributed by atoms with Crippen LogP contribution in [0.1, 0.15) is 38.3 Å². The van der Waals surface area contributed by atoms with Crippen molar-refractivity contribution in [3.05, 3.63) is 29.3 Å². The van der Waals surface area contributed by atoms with Gasteiger partial charge in [0.15, 0.2) is 0 Å². The minimum absolute atomic E-state index is 0. The molecule has 0 bridgehead atoms. The molecule has 0 radical (unpaired) electrons. The first-order valence-corrected chi connectivity index (χ1v) is 8.93. The van der Waals surface area contributed by atoms with E-state index in [0.29, 0.717) is 0 Å². The second-order valence-corrected chi connectivity index (χ2v) is 7.71. The molecule has 22 heavy (non-hydrogen) atoms. The third kappa shape index (κ3) is 4.18. The summed E-state index contributed by atoms with van der Waals surface area (Å²) in [5, 5.41) is 0. The molecule has 124 valence electrons. The van der Waals surface area contributed by atoms with Crippen molar-refractivity contribution >= 4 is 35.8 Å². The van der Waals surface area contributed by atoms with E-state index >= 15 is 0 Å². The minimum Gasteiger partial charge on any atom is -0.320 e. The Balaban J connectivity index is 0.00000242. The van der Waals surface area contributed by atoms with E-state index in [1.165, 1.54) is 11.1 Å². The number of hydrogen-bond donors (Lipinski definition) is 1. The molecule has 0 saturated heterocycles. The number of halogens is 1. The van der Waals surface area contributed by atoms with Crippen LogP contribution in [0.4, 0.5) is 5.69 Å². The van der Waals surface area contributed by atoms with E-state index < -0.39 is 0 Å². The number of benzene rings is 1. The summed E-state index contributed by atoms with van der Waals surface area (Å²) < 4.78 is 0. The molecule has 2 N–H and O–H groups in total. The summed E-state index contributed by atoms with van der Waals surface area (Å²) in [5.41, 5.74) is 9.82. The maximum Gasteiger partial charge on any atom is 0.243 e. The van der Waals surface area contributed by atoms with Crippen molar-refractivity contribution in [2.24, 2.45) is 5.73 Å². The molecule has 1 heterocycles. The Kier molecular flexibility index (Phi) is 6.78. The van der Waals surface area contributed by atoms with Gasteiger partial charge in [-0.15, -0.1) is 12.4 Å². The summed E-state index contributed by atoms with van der Waals surface area (Å²) in [7, 11) is 0. The lowest BCUT2D eigenvalue weighted by molar-refractivity contribution is -0.119. The van der Waals surface area contributed by atoms with E-state index in [-0.39, 0.29) is 29.8 Å². The lowest BCUT2D eigenvalue weighted by Gasteiger charge is -2.23. The average molecular weight is 343 g/mol. The molecule has 1 aromatic carbocycles. The van der Waals surface area contributed by atoms with Crippen molar-refractivity contribution in [1.29, 1.82) is 0 Å². The molecular formula is C17H27ClN2OS. The Hall–Kier alpha value is -0.710. The van der Waals surface area contributed by atoms with Gasteiger partial charge in [-0.2, -0.15) is 11.8 Å². The summed E-state index contributed by atoms with van der Waals surface area (Å²) in [6.45, 7) is 7.40. The lowest BCUT2D eigenvalue weighted by Crippen LogP contribution is -2.43. The van der Waals surface area contributed by atoms with Crippen LogP contribution in [0.25, 0.3) is 0 Å². The predicted octanol–water partition coefficient (Wildman–Crippen LogP) is 3.38. The second kappa shape index (κ2) is 7.71. The first kappa shape index (κ1) is 19.3. The predicted molar refractivity (Wildman–Crippen MR) is 99.4 cm³/mol. The second-order valence-electron chi connectivity index (χ2n) is 6.72. The smallest absolute Gasteiger partial charge is 0.243 e. The fourth-order valence-electron chi connectivity index (χ4n) is 2.67. The van der Waals surface area contributed by atoms with Crippen LogP contribution in [0.3, 0.4) is 0 Å². The van der Waals surface area contributed by atoms with E-state index in [4.69, 9.17) is 5.73 Å². The minimum atomic E-state index is -0.384. The van der Waals surface area contributed by atoms with Crippen molar-refractivity contribution in [3.63, 3.8) is 0 Å². The van der Waals surface area contributed by atoms with Gasteiger partial charge < -0.3 is 10.6 Å². The van der Waals surface area contributed by atoms with Crippen molar-refractivity contribution in [1.82, 2.24) is 0 Å². The summed E-state index contributed by atoms with van der Waals surface area (Å²) in [6.07, 6.45) is 3.71. The summed E-state index contributed by atoms with van der Waals surface area (Å²) in [6, 6.07) is 6.08. The zero-order valence-corrected chi connectivity index (χ0v) is 15.5. The Bertz CT molecular complexity index is 528. The van der Waals surface area contributed by atoms with Crippen LogP contribution in [0.5, 0.6) is 0 Å². The van der Waals surface area contributed by atoms with Crippen molar-refractivity contribution in [2.75, 3.05) is 23.5 Å². The van der Waals surface area contributed by atoms with Gasteiger partial charge in [-0.25, -0.2) is 0 Å². The number of carbonyl (C=O) groups is 1. The number of carbonyl (C=O) groups excluding carboxylic acids is 1. The van der Waals surface area contributed by atoms with E-state index in [9.17, 15) is 4.79 Å². The quantitative estimate of drug-likeness (QED) is 0.912. The van der Waals surface area contributed by atoms with Crippen LogP contribution in [0.15, 0.2) is 18.2 Å². The fraction of sp³-hybridized carbons (Fsp3) is 0.588. The highest BCUT2D eigenvalue weighted by Crippen LogP contribution is 2.33. The van der Waals surface area contributed by atoms with Gasteiger partial charge in [0.05, 0.1) is 6.04 Å². The normalized spacial score (nSPS) is 15.2. The molecule has 0 spiro atoms. The molecule has 0 unspecified atom stereocenters. The third-order valence-electron chi connectivity index (χ3n) is 4.06. The third-order valence-corrected chi connectivity index (χ3v) is 4.70. The monoisotopic (exact) mass is 342 g/mol. The number of fused-ring (bicyclic) bond motifs is 1. The van der Waals surface area contributed by atoms with Gasteiger partial charge in [-0.3, -0.25) is 4.79 Å². The highest BCUT2D eigenvalue weighted by molar-refractivity contribution is 7.98. The molecule has 0 saturated carbocycles. The molecular weight excluding hydrogens is 316 g/mol. The van der Waals surface area contributed by atoms with E-state index in [2.05, 4.69) is 39.0 Å². The van der Waals surface area contributed by atoms with Gasteiger partial charge >= 0.3 is 0 Å². The van der Waals surface area contributed by atoms with Crippen LogP contribution < -0.4 is 10.6 Å². The molecule has 1 aromatic rings. The Morgan fingerprint density at radius 3 is 2.68 bits per heavy atom. The van der Waals surface area contributed by atoms with Gasteiger partial charge in [-0.1, -0.05) is 32.9 Å². The Morgan fingerprint density at radius 2 is 2.09 bits per heavy atom. The largest absolute Gasteiger partial charge is 0.320 e. The number of nitrogens with two attached hydrogens (primary N) is 1. The van der Waals surface area contributed by atoms with Gasteiger partial charge in [0, 0.05) is 12.2 Å². The van der Waals surface area contributed by atoms with E-state index in [1.54, 1.807) is 11.8 Å². The molecule has 3 nitrogen and oxygen atoms in total. The van der Waals surface area contributed by atoms with Crippen molar-refractivity contribution < 1.29 is 4.79 Å². The highest BCUT2D eigenvalue weighted by atomic mass is 35.5. The number of hydrogen-bond acceptors (Lipinski definition) is 3. The van der Waals surface area contributed by atoms with E-state index in [0.717, 1.165) is 30.8 Å². The summed E-state index contributed by atoms with van der Waals surface area (Å²) in [4.78, 5) is 14.4. The van der Waals surface area contributed by atoms with Crippen molar-refractivity contribution in [2.45, 2.75) is 45.1 Å². The topological polar surface area (TPSA) is 46.3 Å². The Labute approximate surface area is 144 Å². The highest BCUT2D eigenvalue weighted by Gasteiger charge is 2.29. The molecule has 2 rings (SSSR count). The van der Waals surface area contributed by atoms with Crippen LogP contribution in [0.2, 0.25) is 0 Å². The molecule has 0 aromatic heterocycles. The number of rotatable bonds is 4. The zero-order chi connectivity index (χ0) is 15.6. The van der Waals surface area contributed by atoms with Gasteiger partial charge in [-0.05, 0) is 47.5 Å². The molecule has 5 heteroatoms. The van der Waals surface area contributed by atoms with Gasteiger partial charge in [0.2, 0.25) is 5.91 Å². The molecule has 0 fully saturated rings. The van der Waals surface area contributed by atoms with Crippen molar-refractivity contribution in [3.8, 4) is 0 Å². The number of nitrogens with zero attached hydrogens (tertiary/aromatic N) is 1. The van der Waals surface area contributed by atoms with Crippen LogP contribution in [0, 0.1) is 0 Å². The first-order valence-electron chi connectivity index (χ1n) is 7.54. The lowest BCUT2D eigenvalue weighted by atomic mass is 9.86. The average Bonchev–Trinajstić information content (AvgIpc) is 2.85. The Morgan fingerprint density at radius 1 is 1.41 bits per heavy atom. The SMILES string of the molecule is CSCC[C@H](N)C(=O)N1CCc2cc(C(C)(C)C)ccc21.Cl. The van der Waals surface area contributed by atoms with Crippen LogP contribution in [-0.4, -0.2) is 30.5 Å². The molecule has 1 aliphatic rings. The van der Waals surface area contributed by atoms with Crippen LogP contribution >= 0.6 is 24.2 Å². The van der Waals surface area contributed by atoms with Crippen LogP contribution in [-0.2, 0) is 16.6 Å². The summed E-state index contributed by atoms with van der Waals surface area (Å²) >= 11 is 1.73.